The predicted molar refractivity (Wildman–Crippen MR) is 81.1 cm³/mol. The monoisotopic (exact) mass is 353 g/mol. The van der Waals surface area contributed by atoms with Gasteiger partial charge in [-0.05, 0) is 12.1 Å². The molecule has 124 valence electrons. The van der Waals surface area contributed by atoms with Crippen LogP contribution in [0.2, 0.25) is 0 Å². The molecule has 0 atom stereocenters. The average Bonchev–Trinajstić information content (AvgIpc) is 2.55. The summed E-state index contributed by atoms with van der Waals surface area (Å²) >= 11 is 0. The largest absolute Gasteiger partial charge is 0.534 e. The van der Waals surface area contributed by atoms with E-state index in [1.807, 2.05) is 42.3 Å². The van der Waals surface area contributed by atoms with E-state index in [1.54, 1.807) is 0 Å². The van der Waals surface area contributed by atoms with E-state index in [0.717, 1.165) is 6.07 Å². The van der Waals surface area contributed by atoms with Gasteiger partial charge in [0.25, 0.3) is 0 Å². The summed E-state index contributed by atoms with van der Waals surface area (Å²) in [5, 5.41) is 8.73. The topological polar surface area (TPSA) is 67.2 Å². The maximum atomic E-state index is 12.1. The fourth-order valence-corrected chi connectivity index (χ4v) is 1.86. The standard InChI is InChI=1S/C10H4F3NO3S.C6H6/c1-2-7-4-3-5-9(8(7)6-14)17-18(15,16)10(11,12)13;1-2-4-6-5-3-1/h1,3-5H;1-6H. The number of hydrogen-bond donors (Lipinski definition) is 0. The van der Waals surface area contributed by atoms with Crippen LogP contribution in [0.4, 0.5) is 13.2 Å². The quantitative estimate of drug-likeness (QED) is 0.471. The number of alkyl halides is 3. The van der Waals surface area contributed by atoms with E-state index in [1.165, 1.54) is 18.2 Å². The first-order valence-electron chi connectivity index (χ1n) is 6.23. The van der Waals surface area contributed by atoms with Crippen LogP contribution in [0, 0.1) is 23.7 Å². The highest BCUT2D eigenvalue weighted by atomic mass is 32.2. The molecule has 0 heterocycles. The highest BCUT2D eigenvalue weighted by molar-refractivity contribution is 7.88. The van der Waals surface area contributed by atoms with Gasteiger partial charge in [0.2, 0.25) is 0 Å². The van der Waals surface area contributed by atoms with Crippen LogP contribution < -0.4 is 4.18 Å². The number of terminal acetylenes is 1. The van der Waals surface area contributed by atoms with Gasteiger partial charge in [-0.15, -0.1) is 6.42 Å². The summed E-state index contributed by atoms with van der Waals surface area (Å²) in [5.74, 6) is 1.27. The number of halogens is 3. The van der Waals surface area contributed by atoms with Gasteiger partial charge in [-0.3, -0.25) is 0 Å². The lowest BCUT2D eigenvalue weighted by molar-refractivity contribution is -0.0500. The van der Waals surface area contributed by atoms with Crippen molar-refractivity contribution in [1.82, 2.24) is 0 Å². The van der Waals surface area contributed by atoms with Gasteiger partial charge in [0.05, 0.1) is 0 Å². The summed E-state index contributed by atoms with van der Waals surface area (Å²) in [7, 11) is -5.83. The Morgan fingerprint density at radius 1 is 1.00 bits per heavy atom. The number of nitrogens with zero attached hydrogens (tertiary/aromatic N) is 1. The molecule has 0 aliphatic heterocycles. The summed E-state index contributed by atoms with van der Waals surface area (Å²) in [4.78, 5) is 0. The fourth-order valence-electron chi connectivity index (χ4n) is 1.39. The van der Waals surface area contributed by atoms with Crippen LogP contribution in [-0.2, 0) is 10.1 Å². The van der Waals surface area contributed by atoms with Crippen molar-refractivity contribution < 1.29 is 25.8 Å². The Bertz CT molecular complexity index is 837. The molecule has 0 fully saturated rings. The third kappa shape index (κ3) is 5.04. The molecule has 4 nitrogen and oxygen atoms in total. The molecule has 0 saturated heterocycles. The molecule has 2 rings (SSSR count). The van der Waals surface area contributed by atoms with E-state index in [2.05, 4.69) is 4.18 Å². The normalized spacial score (nSPS) is 10.5. The van der Waals surface area contributed by atoms with Crippen molar-refractivity contribution in [3.05, 3.63) is 65.7 Å². The first-order chi connectivity index (χ1) is 11.2. The number of hydrogen-bond acceptors (Lipinski definition) is 4. The minimum absolute atomic E-state index is 0.0626. The second-order valence-electron chi connectivity index (χ2n) is 4.07. The zero-order valence-electron chi connectivity index (χ0n) is 12.0. The van der Waals surface area contributed by atoms with Crippen LogP contribution in [0.25, 0.3) is 0 Å². The van der Waals surface area contributed by atoms with Crippen molar-refractivity contribution in [2.45, 2.75) is 5.51 Å². The summed E-state index contributed by atoms with van der Waals surface area (Å²) in [6.07, 6.45) is 5.02. The van der Waals surface area contributed by atoms with Crippen molar-refractivity contribution in [3.8, 4) is 24.2 Å². The van der Waals surface area contributed by atoms with Gasteiger partial charge < -0.3 is 4.18 Å². The molecule has 0 amide bonds. The highest BCUT2D eigenvalue weighted by Crippen LogP contribution is 2.29. The number of nitriles is 1. The number of rotatable bonds is 2. The predicted octanol–water partition coefficient (Wildman–Crippen LogP) is 3.45. The zero-order valence-corrected chi connectivity index (χ0v) is 12.8. The first-order valence-corrected chi connectivity index (χ1v) is 7.64. The summed E-state index contributed by atoms with van der Waals surface area (Å²) in [6, 6.07) is 16.8. The maximum Gasteiger partial charge on any atom is 0.534 e. The zero-order chi connectivity index (χ0) is 18.2. The molecule has 0 spiro atoms. The van der Waals surface area contributed by atoms with E-state index < -0.39 is 26.9 Å². The van der Waals surface area contributed by atoms with Gasteiger partial charge in [-0.2, -0.15) is 26.9 Å². The maximum absolute atomic E-state index is 12.1. The molecule has 0 aliphatic carbocycles. The van der Waals surface area contributed by atoms with Crippen molar-refractivity contribution in [2.24, 2.45) is 0 Å². The Hall–Kier alpha value is -2.97. The molecular formula is C16H10F3NO3S. The molecule has 0 aromatic heterocycles. The van der Waals surface area contributed by atoms with Gasteiger partial charge in [0, 0.05) is 5.56 Å². The number of benzene rings is 2. The average molecular weight is 353 g/mol. The van der Waals surface area contributed by atoms with Crippen molar-refractivity contribution in [3.63, 3.8) is 0 Å². The van der Waals surface area contributed by atoms with Gasteiger partial charge in [0.15, 0.2) is 5.75 Å². The minimum Gasteiger partial charge on any atom is -0.375 e. The first kappa shape index (κ1) is 19.1. The summed E-state index contributed by atoms with van der Waals surface area (Å²) in [6.45, 7) is 0. The Morgan fingerprint density at radius 3 is 1.88 bits per heavy atom. The third-order valence-corrected chi connectivity index (χ3v) is 3.41. The van der Waals surface area contributed by atoms with Crippen LogP contribution in [0.5, 0.6) is 5.75 Å². The molecule has 24 heavy (non-hydrogen) atoms. The molecule has 0 saturated carbocycles. The van der Waals surface area contributed by atoms with Crippen LogP contribution >= 0.6 is 0 Å². The van der Waals surface area contributed by atoms with Gasteiger partial charge in [-0.25, -0.2) is 0 Å². The minimum atomic E-state index is -5.83. The van der Waals surface area contributed by atoms with E-state index >= 15 is 0 Å². The van der Waals surface area contributed by atoms with Crippen LogP contribution in [-0.4, -0.2) is 13.9 Å². The highest BCUT2D eigenvalue weighted by Gasteiger charge is 2.48. The smallest absolute Gasteiger partial charge is 0.375 e. The van der Waals surface area contributed by atoms with Crippen molar-refractivity contribution in [2.75, 3.05) is 0 Å². The van der Waals surface area contributed by atoms with E-state index in [-0.39, 0.29) is 5.56 Å². The van der Waals surface area contributed by atoms with E-state index in [9.17, 15) is 21.6 Å². The second-order valence-corrected chi connectivity index (χ2v) is 5.61. The third-order valence-electron chi connectivity index (χ3n) is 2.44. The Balaban J connectivity index is 0.000000400. The van der Waals surface area contributed by atoms with Gasteiger partial charge >= 0.3 is 15.6 Å². The SMILES string of the molecule is C#Cc1cccc(OS(=O)(=O)C(F)(F)F)c1C#N.c1ccccc1. The van der Waals surface area contributed by atoms with Gasteiger partial charge in [-0.1, -0.05) is 48.4 Å². The molecule has 0 radical (unpaired) electrons. The second kappa shape index (κ2) is 8.04. The Kier molecular flexibility index (Phi) is 6.39. The Morgan fingerprint density at radius 2 is 1.50 bits per heavy atom. The van der Waals surface area contributed by atoms with Crippen molar-refractivity contribution >= 4 is 10.1 Å². The summed E-state index contributed by atoms with van der Waals surface area (Å²) < 4.78 is 61.7. The lowest BCUT2D eigenvalue weighted by atomic mass is 10.1. The van der Waals surface area contributed by atoms with E-state index in [4.69, 9.17) is 11.7 Å². The van der Waals surface area contributed by atoms with Crippen LogP contribution in [0.1, 0.15) is 11.1 Å². The van der Waals surface area contributed by atoms with Crippen molar-refractivity contribution in [1.29, 1.82) is 5.26 Å². The Labute approximate surface area is 137 Å². The lowest BCUT2D eigenvalue weighted by Gasteiger charge is -2.10. The summed E-state index contributed by atoms with van der Waals surface area (Å²) in [5.41, 5.74) is -6.09. The molecule has 0 bridgehead atoms. The molecule has 0 aliphatic rings. The molecule has 0 unspecified atom stereocenters. The molecule has 8 heteroatoms. The van der Waals surface area contributed by atoms with Gasteiger partial charge in [0.1, 0.15) is 11.6 Å². The molecule has 2 aromatic carbocycles. The lowest BCUT2D eigenvalue weighted by Crippen LogP contribution is -2.28. The fraction of sp³-hybridized carbons (Fsp3) is 0.0625. The molecule has 2 aromatic rings. The van der Waals surface area contributed by atoms with Crippen LogP contribution in [0.15, 0.2) is 54.6 Å². The molecule has 0 N–H and O–H groups in total. The van der Waals surface area contributed by atoms with E-state index in [0.29, 0.717) is 0 Å². The molecular weight excluding hydrogens is 343 g/mol. The van der Waals surface area contributed by atoms with Crippen LogP contribution in [0.3, 0.4) is 0 Å².